The van der Waals surface area contributed by atoms with Crippen molar-refractivity contribution in [2.75, 3.05) is 13.2 Å². The van der Waals surface area contributed by atoms with Gasteiger partial charge in [-0.05, 0) is 18.2 Å². The maximum atomic E-state index is 8.89. The summed E-state index contributed by atoms with van der Waals surface area (Å²) in [5, 5.41) is 12.1. The van der Waals surface area contributed by atoms with Crippen molar-refractivity contribution in [2.24, 2.45) is 0 Å². The molecule has 1 N–H and O–H groups in total. The van der Waals surface area contributed by atoms with Crippen molar-refractivity contribution in [3.8, 4) is 11.8 Å². The molecule has 1 rings (SSSR count). The first kappa shape index (κ1) is 13.0. The van der Waals surface area contributed by atoms with E-state index in [-0.39, 0.29) is 0 Å². The van der Waals surface area contributed by atoms with E-state index in [0.717, 1.165) is 11.0 Å². The fourth-order valence-electron chi connectivity index (χ4n) is 1.22. The first-order chi connectivity index (χ1) is 7.63. The smallest absolute Gasteiger partial charge is 0.138 e. The second-order valence-corrected chi connectivity index (χ2v) is 4.63. The molecule has 4 heteroatoms. The quantitative estimate of drug-likeness (QED) is 0.845. The van der Waals surface area contributed by atoms with E-state index >= 15 is 0 Å². The number of halogens is 1. The second kappa shape index (κ2) is 6.51. The average molecular weight is 283 g/mol. The summed E-state index contributed by atoms with van der Waals surface area (Å²) in [5.74, 6) is 0.627. The van der Waals surface area contributed by atoms with Gasteiger partial charge < -0.3 is 10.1 Å². The maximum absolute atomic E-state index is 8.89. The molecule has 0 radical (unpaired) electrons. The van der Waals surface area contributed by atoms with Gasteiger partial charge in [0.25, 0.3) is 0 Å². The molecule has 0 aliphatic heterocycles. The van der Waals surface area contributed by atoms with Crippen molar-refractivity contribution < 1.29 is 4.74 Å². The molecule has 86 valence electrons. The van der Waals surface area contributed by atoms with Crippen LogP contribution in [0.3, 0.4) is 0 Å². The van der Waals surface area contributed by atoms with Gasteiger partial charge in [0.05, 0.1) is 5.56 Å². The fourth-order valence-corrected chi connectivity index (χ4v) is 1.56. The molecule has 0 amide bonds. The lowest BCUT2D eigenvalue weighted by Crippen LogP contribution is -2.27. The normalized spacial score (nSPS) is 10.2. The molecule has 1 aromatic carbocycles. The van der Waals surface area contributed by atoms with Crippen LogP contribution in [0.5, 0.6) is 5.75 Å². The number of ether oxygens (including phenoxy) is 1. The largest absolute Gasteiger partial charge is 0.491 e. The Hall–Kier alpha value is -1.05. The molecule has 0 spiro atoms. The molecule has 1 aromatic rings. The van der Waals surface area contributed by atoms with Crippen molar-refractivity contribution in [1.29, 1.82) is 5.26 Å². The van der Waals surface area contributed by atoms with E-state index in [2.05, 4.69) is 41.2 Å². The van der Waals surface area contributed by atoms with Gasteiger partial charge in [0.1, 0.15) is 18.4 Å². The average Bonchev–Trinajstić information content (AvgIpc) is 2.24. The minimum absolute atomic E-state index is 0.446. The lowest BCUT2D eigenvalue weighted by atomic mass is 10.2. The van der Waals surface area contributed by atoms with Gasteiger partial charge in [-0.3, -0.25) is 0 Å². The summed E-state index contributed by atoms with van der Waals surface area (Å²) in [6.07, 6.45) is 0. The van der Waals surface area contributed by atoms with Gasteiger partial charge in [-0.15, -0.1) is 0 Å². The van der Waals surface area contributed by atoms with Crippen LogP contribution in [0.4, 0.5) is 0 Å². The van der Waals surface area contributed by atoms with Gasteiger partial charge in [0, 0.05) is 17.1 Å². The van der Waals surface area contributed by atoms with Crippen molar-refractivity contribution in [2.45, 2.75) is 19.9 Å². The second-order valence-electron chi connectivity index (χ2n) is 3.71. The van der Waals surface area contributed by atoms with Gasteiger partial charge in [0.15, 0.2) is 0 Å². The maximum Gasteiger partial charge on any atom is 0.138 e. The minimum Gasteiger partial charge on any atom is -0.491 e. The van der Waals surface area contributed by atoms with Crippen LogP contribution >= 0.6 is 15.9 Å². The molecule has 0 bridgehead atoms. The molecule has 16 heavy (non-hydrogen) atoms. The van der Waals surface area contributed by atoms with Crippen molar-refractivity contribution in [3.05, 3.63) is 28.2 Å². The van der Waals surface area contributed by atoms with Crippen LogP contribution in [-0.4, -0.2) is 19.2 Å². The molecular weight excluding hydrogens is 268 g/mol. The Labute approximate surface area is 105 Å². The van der Waals surface area contributed by atoms with E-state index in [1.54, 1.807) is 6.07 Å². The van der Waals surface area contributed by atoms with Crippen molar-refractivity contribution in [3.63, 3.8) is 0 Å². The topological polar surface area (TPSA) is 45.0 Å². The number of hydrogen-bond acceptors (Lipinski definition) is 3. The van der Waals surface area contributed by atoms with Gasteiger partial charge in [-0.25, -0.2) is 0 Å². The van der Waals surface area contributed by atoms with E-state index in [4.69, 9.17) is 10.00 Å². The number of nitriles is 1. The standard InChI is InChI=1S/C12H15BrN2O/c1-9(2)15-5-6-16-12-7-11(13)4-3-10(12)8-14/h3-4,7,9,15H,5-6H2,1-2H3. The molecule has 0 aliphatic rings. The highest BCUT2D eigenvalue weighted by atomic mass is 79.9. The van der Waals surface area contributed by atoms with Crippen LogP contribution in [0.15, 0.2) is 22.7 Å². The summed E-state index contributed by atoms with van der Waals surface area (Å²) in [7, 11) is 0. The lowest BCUT2D eigenvalue weighted by Gasteiger charge is -2.10. The molecule has 0 heterocycles. The Kier molecular flexibility index (Phi) is 5.30. The van der Waals surface area contributed by atoms with E-state index in [9.17, 15) is 0 Å². The Morgan fingerprint density at radius 2 is 2.25 bits per heavy atom. The summed E-state index contributed by atoms with van der Waals surface area (Å²) in [4.78, 5) is 0. The van der Waals surface area contributed by atoms with Gasteiger partial charge >= 0.3 is 0 Å². The number of rotatable bonds is 5. The summed E-state index contributed by atoms with van der Waals surface area (Å²) in [6.45, 7) is 5.50. The van der Waals surface area contributed by atoms with Crippen LogP contribution in [0, 0.1) is 11.3 Å². The van der Waals surface area contributed by atoms with E-state index < -0.39 is 0 Å². The molecular formula is C12H15BrN2O. The molecule has 0 unspecified atom stereocenters. The number of hydrogen-bond donors (Lipinski definition) is 1. The predicted octanol–water partition coefficient (Wildman–Crippen LogP) is 2.70. The lowest BCUT2D eigenvalue weighted by molar-refractivity contribution is 0.308. The van der Waals surface area contributed by atoms with Gasteiger partial charge in [-0.2, -0.15) is 5.26 Å². The summed E-state index contributed by atoms with van der Waals surface area (Å²) < 4.78 is 6.46. The Bertz CT molecular complexity index is 385. The highest BCUT2D eigenvalue weighted by Gasteiger charge is 2.03. The summed E-state index contributed by atoms with van der Waals surface area (Å²) in [5.41, 5.74) is 0.563. The minimum atomic E-state index is 0.446. The first-order valence-electron chi connectivity index (χ1n) is 5.19. The molecule has 0 atom stereocenters. The number of nitrogens with one attached hydrogen (secondary N) is 1. The van der Waals surface area contributed by atoms with Gasteiger partial charge in [-0.1, -0.05) is 29.8 Å². The van der Waals surface area contributed by atoms with E-state index in [1.807, 2.05) is 12.1 Å². The third-order valence-electron chi connectivity index (χ3n) is 1.98. The van der Waals surface area contributed by atoms with E-state index in [1.165, 1.54) is 0 Å². The zero-order chi connectivity index (χ0) is 12.0. The highest BCUT2D eigenvalue weighted by Crippen LogP contribution is 2.22. The van der Waals surface area contributed by atoms with Crippen LogP contribution in [0.25, 0.3) is 0 Å². The Morgan fingerprint density at radius 1 is 1.50 bits per heavy atom. The molecule has 0 aromatic heterocycles. The molecule has 0 aliphatic carbocycles. The van der Waals surface area contributed by atoms with E-state index in [0.29, 0.717) is 24.0 Å². The van der Waals surface area contributed by atoms with Crippen molar-refractivity contribution in [1.82, 2.24) is 5.32 Å². The summed E-state index contributed by atoms with van der Waals surface area (Å²) in [6, 6.07) is 7.94. The Balaban J connectivity index is 2.53. The highest BCUT2D eigenvalue weighted by molar-refractivity contribution is 9.10. The first-order valence-corrected chi connectivity index (χ1v) is 5.98. The van der Waals surface area contributed by atoms with Crippen LogP contribution in [0.1, 0.15) is 19.4 Å². The fraction of sp³-hybridized carbons (Fsp3) is 0.417. The number of benzene rings is 1. The monoisotopic (exact) mass is 282 g/mol. The molecule has 0 saturated carbocycles. The zero-order valence-corrected chi connectivity index (χ0v) is 11.0. The SMILES string of the molecule is CC(C)NCCOc1cc(Br)ccc1C#N. The van der Waals surface area contributed by atoms with Crippen LogP contribution in [-0.2, 0) is 0 Å². The molecule has 0 fully saturated rings. The third-order valence-corrected chi connectivity index (χ3v) is 2.47. The third kappa shape index (κ3) is 4.21. The zero-order valence-electron chi connectivity index (χ0n) is 9.46. The van der Waals surface area contributed by atoms with Crippen LogP contribution in [0.2, 0.25) is 0 Å². The molecule has 0 saturated heterocycles. The van der Waals surface area contributed by atoms with Crippen molar-refractivity contribution >= 4 is 15.9 Å². The van der Waals surface area contributed by atoms with Gasteiger partial charge in [0.2, 0.25) is 0 Å². The predicted molar refractivity (Wildman–Crippen MR) is 67.5 cm³/mol. The summed E-state index contributed by atoms with van der Waals surface area (Å²) >= 11 is 3.35. The number of nitrogens with zero attached hydrogens (tertiary/aromatic N) is 1. The van der Waals surface area contributed by atoms with Crippen LogP contribution < -0.4 is 10.1 Å². The molecule has 3 nitrogen and oxygen atoms in total. The Morgan fingerprint density at radius 3 is 2.88 bits per heavy atom.